The molecule has 0 bridgehead atoms. The molecule has 1 aliphatic heterocycles. The third-order valence-corrected chi connectivity index (χ3v) is 2.03. The summed E-state index contributed by atoms with van der Waals surface area (Å²) in [6, 6.07) is 0. The average molecular weight is 129 g/mol. The molecule has 0 radical (unpaired) electrons. The molecule has 2 N–H and O–H groups in total. The zero-order valence-electron chi connectivity index (χ0n) is 6.02. The minimum Gasteiger partial charge on any atom is -0.380 e. The molecule has 0 amide bonds. The van der Waals surface area contributed by atoms with Gasteiger partial charge in [-0.3, -0.25) is 0 Å². The molecule has 2 nitrogen and oxygen atoms in total. The fraction of sp³-hybridized carbons (Fsp3) is 1.00. The Morgan fingerprint density at radius 3 is 2.33 bits per heavy atom. The van der Waals surface area contributed by atoms with Crippen molar-refractivity contribution in [2.24, 2.45) is 11.1 Å². The molecule has 1 aliphatic rings. The first-order chi connectivity index (χ1) is 4.33. The van der Waals surface area contributed by atoms with E-state index in [0.717, 1.165) is 19.8 Å². The molecule has 0 saturated carbocycles. The highest BCUT2D eigenvalue weighted by atomic mass is 16.5. The van der Waals surface area contributed by atoms with Gasteiger partial charge < -0.3 is 10.5 Å². The summed E-state index contributed by atoms with van der Waals surface area (Å²) in [7, 11) is 0. The van der Waals surface area contributed by atoms with E-state index in [1.807, 2.05) is 0 Å². The number of hydrogen-bond donors (Lipinski definition) is 1. The van der Waals surface area contributed by atoms with Gasteiger partial charge in [0, 0.05) is 12.0 Å². The van der Waals surface area contributed by atoms with E-state index < -0.39 is 0 Å². The van der Waals surface area contributed by atoms with Gasteiger partial charge in [0.05, 0.1) is 13.2 Å². The van der Waals surface area contributed by atoms with Gasteiger partial charge in [0.25, 0.3) is 0 Å². The van der Waals surface area contributed by atoms with Crippen LogP contribution in [0.25, 0.3) is 0 Å². The van der Waals surface area contributed by atoms with E-state index in [2.05, 4.69) is 6.92 Å². The Balaban J connectivity index is 2.28. The van der Waals surface area contributed by atoms with Crippen molar-refractivity contribution in [2.45, 2.75) is 19.8 Å². The summed E-state index contributed by atoms with van der Waals surface area (Å²) >= 11 is 0. The van der Waals surface area contributed by atoms with Crippen molar-refractivity contribution >= 4 is 0 Å². The predicted octanol–water partition coefficient (Wildman–Crippen LogP) is 0.762. The quantitative estimate of drug-likeness (QED) is 0.610. The first-order valence-electron chi connectivity index (χ1n) is 3.61. The highest BCUT2D eigenvalue weighted by molar-refractivity contribution is 4.85. The second-order valence-electron chi connectivity index (χ2n) is 2.95. The van der Waals surface area contributed by atoms with Gasteiger partial charge in [0.15, 0.2) is 0 Å². The van der Waals surface area contributed by atoms with E-state index in [-0.39, 0.29) is 0 Å². The molecule has 0 atom stereocenters. The first kappa shape index (κ1) is 7.03. The molecule has 9 heavy (non-hydrogen) atoms. The van der Waals surface area contributed by atoms with Gasteiger partial charge in [-0.25, -0.2) is 0 Å². The van der Waals surface area contributed by atoms with Gasteiger partial charge in [-0.05, 0) is 6.42 Å². The van der Waals surface area contributed by atoms with Crippen LogP contribution < -0.4 is 5.73 Å². The summed E-state index contributed by atoms with van der Waals surface area (Å²) in [4.78, 5) is 0. The summed E-state index contributed by atoms with van der Waals surface area (Å²) in [6.07, 6.45) is 2.45. The molecule has 0 unspecified atom stereocenters. The van der Waals surface area contributed by atoms with Crippen molar-refractivity contribution in [3.8, 4) is 0 Å². The van der Waals surface area contributed by atoms with Crippen LogP contribution in [-0.2, 0) is 4.74 Å². The molecule has 1 heterocycles. The van der Waals surface area contributed by atoms with Crippen LogP contribution in [0.4, 0.5) is 0 Å². The van der Waals surface area contributed by atoms with E-state index in [1.54, 1.807) is 0 Å². The lowest BCUT2D eigenvalue weighted by Crippen LogP contribution is -2.48. The summed E-state index contributed by atoms with van der Waals surface area (Å²) in [6.45, 7) is 4.76. The topological polar surface area (TPSA) is 35.2 Å². The molecule has 0 aromatic carbocycles. The van der Waals surface area contributed by atoms with Crippen molar-refractivity contribution in [1.82, 2.24) is 0 Å². The number of nitrogens with two attached hydrogens (primary N) is 1. The lowest BCUT2D eigenvalue weighted by Gasteiger charge is -2.40. The van der Waals surface area contributed by atoms with Crippen LogP contribution in [0.3, 0.4) is 0 Å². The minimum atomic E-state index is 0.370. The van der Waals surface area contributed by atoms with E-state index >= 15 is 0 Å². The predicted molar refractivity (Wildman–Crippen MR) is 37.2 cm³/mol. The first-order valence-corrected chi connectivity index (χ1v) is 3.61. The fourth-order valence-electron chi connectivity index (χ4n) is 1.29. The van der Waals surface area contributed by atoms with Crippen molar-refractivity contribution in [3.63, 3.8) is 0 Å². The zero-order chi connectivity index (χ0) is 6.74. The molecule has 54 valence electrons. The zero-order valence-corrected chi connectivity index (χ0v) is 6.02. The number of ether oxygens (including phenoxy) is 1. The number of hydrogen-bond acceptors (Lipinski definition) is 2. The van der Waals surface area contributed by atoms with E-state index in [9.17, 15) is 0 Å². The van der Waals surface area contributed by atoms with Crippen molar-refractivity contribution in [3.05, 3.63) is 0 Å². The van der Waals surface area contributed by atoms with Crippen LogP contribution in [0.1, 0.15) is 19.8 Å². The summed E-state index contributed by atoms with van der Waals surface area (Å²) in [5, 5.41) is 0. The molecule has 0 aromatic rings. The van der Waals surface area contributed by atoms with E-state index in [1.165, 1.54) is 12.8 Å². The molecular formula is C7H15NO. The SMILES string of the molecule is CCCC1(CN)COC1. The van der Waals surface area contributed by atoms with Gasteiger partial charge in [-0.15, -0.1) is 0 Å². The Bertz CT molecular complexity index is 83.4. The van der Waals surface area contributed by atoms with Crippen LogP contribution in [0, 0.1) is 5.41 Å². The average Bonchev–Trinajstić information content (AvgIpc) is 1.79. The van der Waals surface area contributed by atoms with Crippen LogP contribution in [0.15, 0.2) is 0 Å². The maximum atomic E-state index is 5.57. The Morgan fingerprint density at radius 1 is 1.56 bits per heavy atom. The minimum absolute atomic E-state index is 0.370. The second kappa shape index (κ2) is 2.67. The molecule has 0 aromatic heterocycles. The van der Waals surface area contributed by atoms with Crippen molar-refractivity contribution in [2.75, 3.05) is 19.8 Å². The Hall–Kier alpha value is -0.0800. The number of rotatable bonds is 3. The molecule has 1 fully saturated rings. The maximum Gasteiger partial charge on any atom is 0.0556 e. The molecule has 0 aliphatic carbocycles. The van der Waals surface area contributed by atoms with Crippen LogP contribution in [0.2, 0.25) is 0 Å². The fourth-order valence-corrected chi connectivity index (χ4v) is 1.29. The normalized spacial score (nSPS) is 23.3. The van der Waals surface area contributed by atoms with Gasteiger partial charge >= 0.3 is 0 Å². The van der Waals surface area contributed by atoms with Crippen LogP contribution >= 0.6 is 0 Å². The van der Waals surface area contributed by atoms with Gasteiger partial charge in [0.1, 0.15) is 0 Å². The summed E-state index contributed by atoms with van der Waals surface area (Å²) in [5.74, 6) is 0. The highest BCUT2D eigenvalue weighted by Gasteiger charge is 2.35. The third-order valence-electron chi connectivity index (χ3n) is 2.03. The van der Waals surface area contributed by atoms with E-state index in [4.69, 9.17) is 10.5 Å². The van der Waals surface area contributed by atoms with Gasteiger partial charge in [-0.1, -0.05) is 13.3 Å². The standard InChI is InChI=1S/C7H15NO/c1-2-3-7(4-8)5-9-6-7/h2-6,8H2,1H3. The van der Waals surface area contributed by atoms with Crippen LogP contribution in [0.5, 0.6) is 0 Å². The lowest BCUT2D eigenvalue weighted by molar-refractivity contribution is -0.111. The third kappa shape index (κ3) is 1.25. The van der Waals surface area contributed by atoms with E-state index in [0.29, 0.717) is 5.41 Å². The highest BCUT2D eigenvalue weighted by Crippen LogP contribution is 2.30. The van der Waals surface area contributed by atoms with Gasteiger partial charge in [-0.2, -0.15) is 0 Å². The van der Waals surface area contributed by atoms with Crippen molar-refractivity contribution < 1.29 is 4.74 Å². The Kier molecular flexibility index (Phi) is 2.09. The van der Waals surface area contributed by atoms with Crippen LogP contribution in [-0.4, -0.2) is 19.8 Å². The second-order valence-corrected chi connectivity index (χ2v) is 2.95. The summed E-state index contributed by atoms with van der Waals surface area (Å²) in [5.41, 5.74) is 5.94. The Labute approximate surface area is 56.4 Å². The molecular weight excluding hydrogens is 114 g/mol. The molecule has 0 spiro atoms. The Morgan fingerprint density at radius 2 is 2.22 bits per heavy atom. The smallest absolute Gasteiger partial charge is 0.0556 e. The largest absolute Gasteiger partial charge is 0.380 e. The maximum absolute atomic E-state index is 5.57. The summed E-state index contributed by atoms with van der Waals surface area (Å²) < 4.78 is 5.10. The lowest BCUT2D eigenvalue weighted by atomic mass is 9.82. The monoisotopic (exact) mass is 129 g/mol. The van der Waals surface area contributed by atoms with Crippen molar-refractivity contribution in [1.29, 1.82) is 0 Å². The molecule has 1 rings (SSSR count). The van der Waals surface area contributed by atoms with Gasteiger partial charge in [0.2, 0.25) is 0 Å². The molecule has 2 heteroatoms. The molecule has 1 saturated heterocycles.